The summed E-state index contributed by atoms with van der Waals surface area (Å²) in [6.45, 7) is 3.40. The predicted molar refractivity (Wildman–Crippen MR) is 57.3 cm³/mol. The minimum Gasteiger partial charge on any atom is -0.479 e. The van der Waals surface area contributed by atoms with Crippen molar-refractivity contribution >= 4 is 5.97 Å². The highest BCUT2D eigenvalue weighted by atomic mass is 16.5. The van der Waals surface area contributed by atoms with E-state index >= 15 is 0 Å². The minimum atomic E-state index is -0.841. The number of carboxylic acids is 1. The van der Waals surface area contributed by atoms with E-state index in [1.807, 2.05) is 0 Å². The van der Waals surface area contributed by atoms with Crippen molar-refractivity contribution in [3.63, 3.8) is 0 Å². The average molecular weight is 229 g/mol. The van der Waals surface area contributed by atoms with E-state index < -0.39 is 12.1 Å². The third-order valence-corrected chi connectivity index (χ3v) is 3.21. The number of nitrogens with one attached hydrogen (secondary N) is 1. The molecule has 0 aromatic carbocycles. The van der Waals surface area contributed by atoms with Gasteiger partial charge in [-0.05, 0) is 25.2 Å². The molecule has 2 aliphatic rings. The van der Waals surface area contributed by atoms with Crippen LogP contribution in [0.25, 0.3) is 0 Å². The summed E-state index contributed by atoms with van der Waals surface area (Å²) >= 11 is 0. The molecule has 2 saturated heterocycles. The van der Waals surface area contributed by atoms with Crippen molar-refractivity contribution in [1.82, 2.24) is 5.32 Å². The van der Waals surface area contributed by atoms with Gasteiger partial charge in [0, 0.05) is 19.7 Å². The molecule has 5 heteroatoms. The van der Waals surface area contributed by atoms with Crippen LogP contribution < -0.4 is 5.32 Å². The van der Waals surface area contributed by atoms with Crippen LogP contribution in [0.2, 0.25) is 0 Å². The number of aliphatic carboxylic acids is 1. The topological polar surface area (TPSA) is 67.8 Å². The van der Waals surface area contributed by atoms with Crippen LogP contribution >= 0.6 is 0 Å². The van der Waals surface area contributed by atoms with Crippen molar-refractivity contribution in [3.05, 3.63) is 0 Å². The molecule has 92 valence electrons. The van der Waals surface area contributed by atoms with Crippen LogP contribution in [-0.4, -0.2) is 49.6 Å². The summed E-state index contributed by atoms with van der Waals surface area (Å²) in [7, 11) is 0. The van der Waals surface area contributed by atoms with Gasteiger partial charge in [0.15, 0.2) is 6.10 Å². The average Bonchev–Trinajstić information content (AvgIpc) is 2.87. The molecule has 0 bridgehead atoms. The van der Waals surface area contributed by atoms with E-state index in [0.717, 1.165) is 39.1 Å². The first kappa shape index (κ1) is 11.8. The third-order valence-electron chi connectivity index (χ3n) is 3.21. The zero-order valence-corrected chi connectivity index (χ0v) is 9.35. The second kappa shape index (κ2) is 5.61. The Morgan fingerprint density at radius 1 is 1.31 bits per heavy atom. The molecule has 2 heterocycles. The molecule has 0 aromatic heterocycles. The smallest absolute Gasteiger partial charge is 0.332 e. The molecule has 0 aliphatic carbocycles. The summed E-state index contributed by atoms with van der Waals surface area (Å²) < 4.78 is 10.7. The normalized spacial score (nSPS) is 34.4. The molecule has 3 unspecified atom stereocenters. The van der Waals surface area contributed by atoms with E-state index in [2.05, 4.69) is 5.32 Å². The van der Waals surface area contributed by atoms with E-state index in [1.54, 1.807) is 0 Å². The molecule has 0 spiro atoms. The van der Waals surface area contributed by atoms with Crippen molar-refractivity contribution in [2.24, 2.45) is 5.92 Å². The van der Waals surface area contributed by atoms with Crippen molar-refractivity contribution in [2.45, 2.75) is 31.5 Å². The zero-order chi connectivity index (χ0) is 11.4. The molecular weight excluding hydrogens is 210 g/mol. The lowest BCUT2D eigenvalue weighted by Crippen LogP contribution is -2.32. The van der Waals surface area contributed by atoms with E-state index in [9.17, 15) is 4.79 Å². The van der Waals surface area contributed by atoms with Crippen LogP contribution in [0.1, 0.15) is 19.3 Å². The summed E-state index contributed by atoms with van der Waals surface area (Å²) in [6.07, 6.45) is 2.06. The largest absolute Gasteiger partial charge is 0.479 e. The lowest BCUT2D eigenvalue weighted by Gasteiger charge is -2.14. The quantitative estimate of drug-likeness (QED) is 0.707. The van der Waals surface area contributed by atoms with Crippen molar-refractivity contribution < 1.29 is 19.4 Å². The second-order valence-corrected chi connectivity index (χ2v) is 4.55. The first-order chi connectivity index (χ1) is 7.75. The SMILES string of the molecule is O=C(O)C1CCC(CNCC2CCOC2)O1. The van der Waals surface area contributed by atoms with Crippen LogP contribution in [0.15, 0.2) is 0 Å². The fraction of sp³-hybridized carbons (Fsp3) is 0.909. The first-order valence-corrected chi connectivity index (χ1v) is 5.92. The Kier molecular flexibility index (Phi) is 4.15. The van der Waals surface area contributed by atoms with Gasteiger partial charge in [0.05, 0.1) is 12.7 Å². The molecule has 0 aromatic rings. The molecule has 0 amide bonds. The Morgan fingerprint density at radius 3 is 2.81 bits per heavy atom. The summed E-state index contributed by atoms with van der Waals surface area (Å²) in [5.41, 5.74) is 0. The summed E-state index contributed by atoms with van der Waals surface area (Å²) in [5.74, 6) is -0.233. The minimum absolute atomic E-state index is 0.0587. The van der Waals surface area contributed by atoms with Crippen LogP contribution in [0.4, 0.5) is 0 Å². The Hall–Kier alpha value is -0.650. The van der Waals surface area contributed by atoms with Gasteiger partial charge in [-0.2, -0.15) is 0 Å². The van der Waals surface area contributed by atoms with Gasteiger partial charge < -0.3 is 19.9 Å². The summed E-state index contributed by atoms with van der Waals surface area (Å²) in [5, 5.41) is 12.1. The monoisotopic (exact) mass is 229 g/mol. The summed E-state index contributed by atoms with van der Waals surface area (Å²) in [4.78, 5) is 10.7. The van der Waals surface area contributed by atoms with E-state index in [-0.39, 0.29) is 6.10 Å². The van der Waals surface area contributed by atoms with Crippen LogP contribution in [0.5, 0.6) is 0 Å². The predicted octanol–water partition coefficient (Wildman–Crippen LogP) is 0.245. The Bertz CT molecular complexity index is 240. The highest BCUT2D eigenvalue weighted by molar-refractivity contribution is 5.72. The van der Waals surface area contributed by atoms with E-state index in [1.165, 1.54) is 0 Å². The van der Waals surface area contributed by atoms with E-state index in [0.29, 0.717) is 12.3 Å². The van der Waals surface area contributed by atoms with Crippen LogP contribution in [0, 0.1) is 5.92 Å². The van der Waals surface area contributed by atoms with Gasteiger partial charge in [-0.3, -0.25) is 0 Å². The van der Waals surface area contributed by atoms with Gasteiger partial charge in [0.1, 0.15) is 0 Å². The number of rotatable bonds is 5. The highest BCUT2D eigenvalue weighted by Crippen LogP contribution is 2.19. The van der Waals surface area contributed by atoms with Gasteiger partial charge in [-0.1, -0.05) is 0 Å². The van der Waals surface area contributed by atoms with Gasteiger partial charge >= 0.3 is 5.97 Å². The third kappa shape index (κ3) is 3.17. The Labute approximate surface area is 95.1 Å². The van der Waals surface area contributed by atoms with Gasteiger partial charge in [-0.25, -0.2) is 4.79 Å². The Morgan fingerprint density at radius 2 is 2.19 bits per heavy atom. The van der Waals surface area contributed by atoms with Crippen molar-refractivity contribution in [1.29, 1.82) is 0 Å². The molecule has 3 atom stereocenters. The molecule has 2 rings (SSSR count). The maximum atomic E-state index is 10.7. The first-order valence-electron chi connectivity index (χ1n) is 5.92. The molecule has 16 heavy (non-hydrogen) atoms. The zero-order valence-electron chi connectivity index (χ0n) is 9.35. The number of carbonyl (C=O) groups is 1. The maximum absolute atomic E-state index is 10.7. The molecule has 0 saturated carbocycles. The fourth-order valence-corrected chi connectivity index (χ4v) is 2.23. The van der Waals surface area contributed by atoms with Crippen molar-refractivity contribution in [3.8, 4) is 0 Å². The number of hydrogen-bond acceptors (Lipinski definition) is 4. The number of carboxylic acid groups (broad SMARTS) is 1. The molecule has 2 fully saturated rings. The second-order valence-electron chi connectivity index (χ2n) is 4.55. The lowest BCUT2D eigenvalue weighted by atomic mass is 10.1. The molecule has 5 nitrogen and oxygen atoms in total. The number of ether oxygens (including phenoxy) is 2. The fourth-order valence-electron chi connectivity index (χ4n) is 2.23. The molecule has 0 radical (unpaired) electrons. The number of hydrogen-bond donors (Lipinski definition) is 2. The van der Waals surface area contributed by atoms with Crippen molar-refractivity contribution in [2.75, 3.05) is 26.3 Å². The summed E-state index contributed by atoms with van der Waals surface area (Å²) in [6, 6.07) is 0. The molecule has 2 N–H and O–H groups in total. The van der Waals surface area contributed by atoms with Gasteiger partial charge in [-0.15, -0.1) is 0 Å². The van der Waals surface area contributed by atoms with Crippen LogP contribution in [-0.2, 0) is 14.3 Å². The highest BCUT2D eigenvalue weighted by Gasteiger charge is 2.30. The van der Waals surface area contributed by atoms with E-state index in [4.69, 9.17) is 14.6 Å². The lowest BCUT2D eigenvalue weighted by molar-refractivity contribution is -0.149. The molecular formula is C11H19NO4. The van der Waals surface area contributed by atoms with Crippen LogP contribution in [0.3, 0.4) is 0 Å². The standard InChI is InChI=1S/C11H19NO4/c13-11(14)10-2-1-9(16-10)6-12-5-8-3-4-15-7-8/h8-10,12H,1-7H2,(H,13,14). The van der Waals surface area contributed by atoms with Gasteiger partial charge in [0.2, 0.25) is 0 Å². The molecule has 2 aliphatic heterocycles. The maximum Gasteiger partial charge on any atom is 0.332 e. The van der Waals surface area contributed by atoms with Gasteiger partial charge in [0.25, 0.3) is 0 Å². The Balaban J connectivity index is 1.58.